The lowest BCUT2D eigenvalue weighted by atomic mass is 10.1. The van der Waals surface area contributed by atoms with Crippen LogP contribution in [0.3, 0.4) is 0 Å². The van der Waals surface area contributed by atoms with E-state index in [1.54, 1.807) is 11.1 Å². The summed E-state index contributed by atoms with van der Waals surface area (Å²) >= 11 is 0. The molecule has 7 nitrogen and oxygen atoms in total. The van der Waals surface area contributed by atoms with Crippen LogP contribution in [0.5, 0.6) is 0 Å². The van der Waals surface area contributed by atoms with E-state index in [1.165, 1.54) is 18.0 Å². The Kier molecular flexibility index (Phi) is 3.97. The van der Waals surface area contributed by atoms with Gasteiger partial charge in [0.2, 0.25) is 11.7 Å². The number of rotatable bonds is 3. The third-order valence-corrected chi connectivity index (χ3v) is 4.33. The van der Waals surface area contributed by atoms with Gasteiger partial charge in [-0.25, -0.2) is 4.98 Å². The van der Waals surface area contributed by atoms with Crippen LogP contribution in [0.2, 0.25) is 0 Å². The van der Waals surface area contributed by atoms with Crippen molar-refractivity contribution in [3.05, 3.63) is 60.0 Å². The number of likely N-dealkylation sites (tertiary alicyclic amines) is 1. The number of hydrogen-bond acceptors (Lipinski definition) is 6. The van der Waals surface area contributed by atoms with Gasteiger partial charge in [-0.3, -0.25) is 9.78 Å². The van der Waals surface area contributed by atoms with Crippen LogP contribution in [0.4, 0.5) is 0 Å². The molecule has 3 aromatic rings. The molecule has 7 heteroatoms. The van der Waals surface area contributed by atoms with Crippen LogP contribution < -0.4 is 0 Å². The second-order valence-corrected chi connectivity index (χ2v) is 6.07. The number of benzene rings is 1. The molecule has 0 saturated carbocycles. The van der Waals surface area contributed by atoms with E-state index in [-0.39, 0.29) is 11.9 Å². The van der Waals surface area contributed by atoms with E-state index in [1.807, 2.05) is 31.2 Å². The molecule has 0 spiro atoms. The van der Waals surface area contributed by atoms with Crippen molar-refractivity contribution in [1.82, 2.24) is 25.0 Å². The highest BCUT2D eigenvalue weighted by molar-refractivity contribution is 5.92. The van der Waals surface area contributed by atoms with Gasteiger partial charge in [0.25, 0.3) is 5.91 Å². The summed E-state index contributed by atoms with van der Waals surface area (Å²) in [5.41, 5.74) is 2.39. The topological polar surface area (TPSA) is 85.0 Å². The van der Waals surface area contributed by atoms with Crippen LogP contribution in [-0.4, -0.2) is 37.5 Å². The van der Waals surface area contributed by atoms with Gasteiger partial charge in [-0.2, -0.15) is 4.98 Å². The Bertz CT molecular complexity index is 876. The van der Waals surface area contributed by atoms with E-state index in [2.05, 4.69) is 20.1 Å². The largest absolute Gasteiger partial charge is 0.337 e. The van der Waals surface area contributed by atoms with Gasteiger partial charge >= 0.3 is 0 Å². The zero-order chi connectivity index (χ0) is 17.2. The van der Waals surface area contributed by atoms with Crippen LogP contribution in [0.25, 0.3) is 11.4 Å². The van der Waals surface area contributed by atoms with E-state index in [9.17, 15) is 4.79 Å². The predicted molar refractivity (Wildman–Crippen MR) is 89.5 cm³/mol. The Morgan fingerprint density at radius 3 is 2.84 bits per heavy atom. The van der Waals surface area contributed by atoms with Crippen LogP contribution in [0.15, 0.2) is 47.4 Å². The summed E-state index contributed by atoms with van der Waals surface area (Å²) < 4.78 is 5.46. The maximum absolute atomic E-state index is 12.7. The Morgan fingerprint density at radius 1 is 1.24 bits per heavy atom. The van der Waals surface area contributed by atoms with E-state index in [0.717, 1.165) is 18.4 Å². The molecule has 1 aliphatic rings. The second-order valence-electron chi connectivity index (χ2n) is 6.07. The van der Waals surface area contributed by atoms with E-state index < -0.39 is 0 Å². The summed E-state index contributed by atoms with van der Waals surface area (Å²) in [5.74, 6) is 0.838. The van der Waals surface area contributed by atoms with Crippen LogP contribution in [0.1, 0.15) is 40.8 Å². The molecule has 1 atom stereocenters. The molecule has 1 aromatic carbocycles. The van der Waals surface area contributed by atoms with Crippen molar-refractivity contribution in [2.45, 2.75) is 25.8 Å². The molecule has 0 radical (unpaired) electrons. The molecule has 1 fully saturated rings. The van der Waals surface area contributed by atoms with Gasteiger partial charge in [-0.05, 0) is 19.8 Å². The van der Waals surface area contributed by atoms with Crippen molar-refractivity contribution in [2.24, 2.45) is 0 Å². The first-order chi connectivity index (χ1) is 12.2. The normalized spacial score (nSPS) is 17.0. The molecule has 0 unspecified atom stereocenters. The van der Waals surface area contributed by atoms with Crippen molar-refractivity contribution in [3.8, 4) is 11.4 Å². The monoisotopic (exact) mass is 335 g/mol. The summed E-state index contributed by atoms with van der Waals surface area (Å²) in [5, 5.41) is 4.08. The van der Waals surface area contributed by atoms with Gasteiger partial charge in [0.1, 0.15) is 11.7 Å². The molecule has 1 saturated heterocycles. The minimum atomic E-state index is -0.221. The summed E-state index contributed by atoms with van der Waals surface area (Å²) in [4.78, 5) is 27.0. The van der Waals surface area contributed by atoms with Gasteiger partial charge in [-0.15, -0.1) is 0 Å². The van der Waals surface area contributed by atoms with Gasteiger partial charge in [0.15, 0.2) is 0 Å². The van der Waals surface area contributed by atoms with Crippen LogP contribution in [0, 0.1) is 6.92 Å². The number of aromatic nitrogens is 4. The molecule has 2 aromatic heterocycles. The zero-order valence-corrected chi connectivity index (χ0v) is 13.8. The second kappa shape index (κ2) is 6.43. The van der Waals surface area contributed by atoms with Crippen molar-refractivity contribution in [3.63, 3.8) is 0 Å². The highest BCUT2D eigenvalue weighted by Crippen LogP contribution is 2.32. The zero-order valence-electron chi connectivity index (χ0n) is 13.8. The standard InChI is InChI=1S/C18H17N5O2/c1-12-4-6-13(7-5-12)16-21-17(25-22-16)15-3-2-10-23(15)18(24)14-11-19-8-9-20-14/h4-9,11,15H,2-3,10H2,1H3/t15-/m0/s1. The Morgan fingerprint density at radius 2 is 2.08 bits per heavy atom. The van der Waals surface area contributed by atoms with E-state index in [0.29, 0.717) is 24.0 Å². The van der Waals surface area contributed by atoms with Gasteiger partial charge in [0, 0.05) is 24.5 Å². The molecule has 126 valence electrons. The Labute approximate surface area is 144 Å². The average Bonchev–Trinajstić information content (AvgIpc) is 3.31. The molecular weight excluding hydrogens is 318 g/mol. The first-order valence-electron chi connectivity index (χ1n) is 8.20. The Hall–Kier alpha value is -3.09. The fraction of sp³-hybridized carbons (Fsp3) is 0.278. The summed E-state index contributed by atoms with van der Waals surface area (Å²) in [6, 6.07) is 7.71. The number of carbonyl (C=O) groups is 1. The van der Waals surface area contributed by atoms with Crippen molar-refractivity contribution in [1.29, 1.82) is 0 Å². The summed E-state index contributed by atoms with van der Waals surface area (Å²) in [6.45, 7) is 2.67. The molecule has 1 aliphatic heterocycles. The quantitative estimate of drug-likeness (QED) is 0.732. The molecule has 25 heavy (non-hydrogen) atoms. The van der Waals surface area contributed by atoms with Gasteiger partial charge < -0.3 is 9.42 Å². The fourth-order valence-electron chi connectivity index (χ4n) is 3.01. The molecule has 0 aliphatic carbocycles. The van der Waals surface area contributed by atoms with Crippen molar-refractivity contribution < 1.29 is 9.32 Å². The highest BCUT2D eigenvalue weighted by atomic mass is 16.5. The van der Waals surface area contributed by atoms with Crippen LogP contribution in [-0.2, 0) is 0 Å². The highest BCUT2D eigenvalue weighted by Gasteiger charge is 2.35. The third kappa shape index (κ3) is 3.00. The smallest absolute Gasteiger partial charge is 0.274 e. The minimum absolute atomic E-state index is 0.161. The van der Waals surface area contributed by atoms with Crippen LogP contribution >= 0.6 is 0 Å². The molecule has 1 amide bonds. The molecule has 4 rings (SSSR count). The molecular formula is C18H17N5O2. The summed E-state index contributed by atoms with van der Waals surface area (Å²) in [7, 11) is 0. The average molecular weight is 335 g/mol. The van der Waals surface area contributed by atoms with Crippen molar-refractivity contribution >= 4 is 5.91 Å². The maximum atomic E-state index is 12.7. The van der Waals surface area contributed by atoms with Gasteiger partial charge in [0.05, 0.1) is 6.20 Å². The number of nitrogens with zero attached hydrogens (tertiary/aromatic N) is 5. The number of amides is 1. The fourth-order valence-corrected chi connectivity index (χ4v) is 3.01. The first-order valence-corrected chi connectivity index (χ1v) is 8.20. The Balaban J connectivity index is 1.59. The minimum Gasteiger partial charge on any atom is -0.337 e. The maximum Gasteiger partial charge on any atom is 0.274 e. The predicted octanol–water partition coefficient (Wildman–Crippen LogP) is 2.81. The lowest BCUT2D eigenvalue weighted by Crippen LogP contribution is -2.31. The number of hydrogen-bond donors (Lipinski definition) is 0. The van der Waals surface area contributed by atoms with E-state index in [4.69, 9.17) is 4.52 Å². The lowest BCUT2D eigenvalue weighted by Gasteiger charge is -2.21. The molecule has 3 heterocycles. The number of aryl methyl sites for hydroxylation is 1. The van der Waals surface area contributed by atoms with Gasteiger partial charge in [-0.1, -0.05) is 35.0 Å². The first kappa shape index (κ1) is 15.4. The van der Waals surface area contributed by atoms with E-state index >= 15 is 0 Å². The van der Waals surface area contributed by atoms with Crippen molar-refractivity contribution in [2.75, 3.05) is 6.54 Å². The number of carbonyl (C=O) groups excluding carboxylic acids is 1. The SMILES string of the molecule is Cc1ccc(-c2noc([C@@H]3CCCN3C(=O)c3cnccn3)n2)cc1. The third-order valence-electron chi connectivity index (χ3n) is 4.33. The lowest BCUT2D eigenvalue weighted by molar-refractivity contribution is 0.0703. The molecule has 0 bridgehead atoms. The molecule has 0 N–H and O–H groups in total. The summed E-state index contributed by atoms with van der Waals surface area (Å²) in [6.07, 6.45) is 6.22.